The Morgan fingerprint density at radius 1 is 1.50 bits per heavy atom. The van der Waals surface area contributed by atoms with Crippen LogP contribution in [-0.2, 0) is 11.2 Å². The van der Waals surface area contributed by atoms with Crippen LogP contribution in [0.5, 0.6) is 0 Å². The number of aromatic nitrogens is 2. The first kappa shape index (κ1) is 12.4. The fourth-order valence-corrected chi connectivity index (χ4v) is 2.06. The van der Waals surface area contributed by atoms with Crippen molar-refractivity contribution in [3.05, 3.63) is 46.2 Å². The summed E-state index contributed by atoms with van der Waals surface area (Å²) < 4.78 is 0. The smallest absolute Gasteiger partial charge is 0.246 e. The molecule has 0 bridgehead atoms. The molecular weight excluding hydrogens is 248 g/mol. The third kappa shape index (κ3) is 3.74. The fraction of sp³-hybridized carbons (Fsp3) is 0.167. The van der Waals surface area contributed by atoms with Crippen LogP contribution in [0.1, 0.15) is 16.3 Å². The summed E-state index contributed by atoms with van der Waals surface area (Å²) in [5.41, 5.74) is 4.28. The number of aryl methyl sites for hydroxylation is 1. The number of thiazole rings is 1. The Morgan fingerprint density at radius 2 is 2.28 bits per heavy atom. The van der Waals surface area contributed by atoms with Crippen LogP contribution in [0, 0.1) is 6.92 Å². The fourth-order valence-electron chi connectivity index (χ4n) is 1.29. The lowest BCUT2D eigenvalue weighted by atomic mass is 10.3. The molecule has 0 spiro atoms. The number of rotatable bonds is 4. The lowest BCUT2D eigenvalue weighted by Gasteiger charge is -1.96. The number of carbonyl (C=O) groups excluding carboxylic acids is 1. The maximum atomic E-state index is 11.5. The van der Waals surface area contributed by atoms with Gasteiger partial charge in [-0.1, -0.05) is 0 Å². The van der Waals surface area contributed by atoms with Gasteiger partial charge in [-0.15, -0.1) is 11.3 Å². The molecule has 1 amide bonds. The lowest BCUT2D eigenvalue weighted by Crippen LogP contribution is -2.19. The molecular formula is C12H12N4OS. The first-order chi connectivity index (χ1) is 8.74. The van der Waals surface area contributed by atoms with E-state index in [1.807, 2.05) is 12.3 Å². The lowest BCUT2D eigenvalue weighted by molar-refractivity contribution is -0.120. The van der Waals surface area contributed by atoms with E-state index in [9.17, 15) is 4.79 Å². The van der Waals surface area contributed by atoms with Crippen LogP contribution < -0.4 is 5.43 Å². The predicted octanol–water partition coefficient (Wildman–Crippen LogP) is 1.54. The molecule has 2 heterocycles. The summed E-state index contributed by atoms with van der Waals surface area (Å²) in [7, 11) is 0. The summed E-state index contributed by atoms with van der Waals surface area (Å²) in [5, 5.41) is 6.58. The highest BCUT2D eigenvalue weighted by Gasteiger charge is 2.05. The number of nitrogens with one attached hydrogen (secondary N) is 1. The van der Waals surface area contributed by atoms with E-state index in [1.165, 1.54) is 11.3 Å². The summed E-state index contributed by atoms with van der Waals surface area (Å²) in [6.07, 6.45) is 5.17. The van der Waals surface area contributed by atoms with Gasteiger partial charge in [0.15, 0.2) is 0 Å². The van der Waals surface area contributed by atoms with Crippen molar-refractivity contribution in [2.75, 3.05) is 0 Å². The Labute approximate surface area is 109 Å². The van der Waals surface area contributed by atoms with E-state index in [4.69, 9.17) is 0 Å². The molecule has 1 N–H and O–H groups in total. The van der Waals surface area contributed by atoms with E-state index in [1.54, 1.807) is 30.7 Å². The van der Waals surface area contributed by atoms with Crippen LogP contribution in [0.4, 0.5) is 0 Å². The van der Waals surface area contributed by atoms with Gasteiger partial charge in [0.1, 0.15) is 5.01 Å². The molecule has 92 valence electrons. The molecule has 0 saturated heterocycles. The minimum atomic E-state index is -0.172. The highest BCUT2D eigenvalue weighted by Crippen LogP contribution is 2.08. The molecule has 0 aliphatic heterocycles. The predicted molar refractivity (Wildman–Crippen MR) is 70.5 cm³/mol. The summed E-state index contributed by atoms with van der Waals surface area (Å²) in [6.45, 7) is 1.90. The molecule has 0 atom stereocenters. The monoisotopic (exact) mass is 260 g/mol. The average molecular weight is 260 g/mol. The Bertz CT molecular complexity index is 550. The second-order valence-electron chi connectivity index (χ2n) is 3.63. The van der Waals surface area contributed by atoms with E-state index in [2.05, 4.69) is 20.5 Å². The molecule has 5 nitrogen and oxygen atoms in total. The van der Waals surface area contributed by atoms with Crippen LogP contribution in [-0.4, -0.2) is 22.1 Å². The second kappa shape index (κ2) is 6.02. The maximum absolute atomic E-state index is 11.5. The Balaban J connectivity index is 1.83. The van der Waals surface area contributed by atoms with Crippen LogP contribution in [0.3, 0.4) is 0 Å². The number of nitrogens with zero attached hydrogens (tertiary/aromatic N) is 3. The number of hydrogen-bond acceptors (Lipinski definition) is 5. The number of hydrogen-bond donors (Lipinski definition) is 1. The zero-order chi connectivity index (χ0) is 12.8. The molecule has 0 saturated carbocycles. The third-order valence-corrected chi connectivity index (χ3v) is 3.05. The van der Waals surface area contributed by atoms with Crippen LogP contribution in [0.2, 0.25) is 0 Å². The quantitative estimate of drug-likeness (QED) is 0.669. The molecule has 0 aliphatic rings. The minimum Gasteiger partial charge on any atom is -0.273 e. The number of carbonyl (C=O) groups is 1. The van der Waals surface area contributed by atoms with Crippen molar-refractivity contribution < 1.29 is 4.79 Å². The molecule has 2 aromatic heterocycles. The SMILES string of the molecule is Cc1csc(CC(=O)N/N=C\c2ccncc2)n1. The summed E-state index contributed by atoms with van der Waals surface area (Å²) in [5.74, 6) is -0.172. The molecule has 0 unspecified atom stereocenters. The van der Waals surface area contributed by atoms with Crippen molar-refractivity contribution in [2.45, 2.75) is 13.3 Å². The third-order valence-electron chi connectivity index (χ3n) is 2.09. The zero-order valence-corrected chi connectivity index (χ0v) is 10.6. The molecule has 0 aromatic carbocycles. The Morgan fingerprint density at radius 3 is 2.94 bits per heavy atom. The molecule has 2 rings (SSSR count). The van der Waals surface area contributed by atoms with Crippen molar-refractivity contribution in [1.29, 1.82) is 0 Å². The Kier molecular flexibility index (Phi) is 4.14. The number of pyridine rings is 1. The molecule has 2 aromatic rings. The van der Waals surface area contributed by atoms with Gasteiger partial charge in [-0.2, -0.15) is 5.10 Å². The van der Waals surface area contributed by atoms with Gasteiger partial charge in [0.05, 0.1) is 12.6 Å². The van der Waals surface area contributed by atoms with Crippen LogP contribution >= 0.6 is 11.3 Å². The molecule has 0 aliphatic carbocycles. The zero-order valence-electron chi connectivity index (χ0n) is 9.83. The number of amides is 1. The van der Waals surface area contributed by atoms with E-state index in [0.717, 1.165) is 16.3 Å². The van der Waals surface area contributed by atoms with Gasteiger partial charge in [-0.05, 0) is 24.6 Å². The number of hydrazone groups is 1. The van der Waals surface area contributed by atoms with Gasteiger partial charge < -0.3 is 0 Å². The summed E-state index contributed by atoms with van der Waals surface area (Å²) in [6, 6.07) is 3.61. The van der Waals surface area contributed by atoms with Crippen molar-refractivity contribution in [2.24, 2.45) is 5.10 Å². The molecule has 6 heteroatoms. The van der Waals surface area contributed by atoms with Gasteiger partial charge in [0.25, 0.3) is 0 Å². The van der Waals surface area contributed by atoms with Crippen molar-refractivity contribution in [3.8, 4) is 0 Å². The van der Waals surface area contributed by atoms with Crippen molar-refractivity contribution in [3.63, 3.8) is 0 Å². The maximum Gasteiger partial charge on any atom is 0.246 e. The first-order valence-corrected chi connectivity index (χ1v) is 6.25. The highest BCUT2D eigenvalue weighted by molar-refractivity contribution is 7.09. The Hall–Kier alpha value is -2.08. The van der Waals surface area contributed by atoms with Crippen molar-refractivity contribution >= 4 is 23.5 Å². The first-order valence-electron chi connectivity index (χ1n) is 5.37. The van der Waals surface area contributed by atoms with Gasteiger partial charge in [-0.3, -0.25) is 9.78 Å². The summed E-state index contributed by atoms with van der Waals surface area (Å²) in [4.78, 5) is 19.6. The molecule has 18 heavy (non-hydrogen) atoms. The van der Waals surface area contributed by atoms with E-state index >= 15 is 0 Å². The topological polar surface area (TPSA) is 67.2 Å². The van der Waals surface area contributed by atoms with Crippen molar-refractivity contribution in [1.82, 2.24) is 15.4 Å². The molecule has 0 fully saturated rings. The summed E-state index contributed by atoms with van der Waals surface area (Å²) >= 11 is 1.48. The largest absolute Gasteiger partial charge is 0.273 e. The normalized spacial score (nSPS) is 10.7. The van der Waals surface area contributed by atoms with Crippen LogP contribution in [0.15, 0.2) is 35.0 Å². The standard InChI is InChI=1S/C12H12N4OS/c1-9-8-18-12(15-9)6-11(17)16-14-7-10-2-4-13-5-3-10/h2-5,7-8H,6H2,1H3,(H,16,17)/b14-7-. The van der Waals surface area contributed by atoms with E-state index in [-0.39, 0.29) is 12.3 Å². The molecule has 0 radical (unpaired) electrons. The minimum absolute atomic E-state index is 0.172. The highest BCUT2D eigenvalue weighted by atomic mass is 32.1. The van der Waals surface area contributed by atoms with Gasteiger partial charge in [0, 0.05) is 23.5 Å². The van der Waals surface area contributed by atoms with E-state index < -0.39 is 0 Å². The van der Waals surface area contributed by atoms with Crippen LogP contribution in [0.25, 0.3) is 0 Å². The van der Waals surface area contributed by atoms with Gasteiger partial charge in [-0.25, -0.2) is 10.4 Å². The van der Waals surface area contributed by atoms with Gasteiger partial charge in [0.2, 0.25) is 5.91 Å². The second-order valence-corrected chi connectivity index (χ2v) is 4.58. The van der Waals surface area contributed by atoms with Gasteiger partial charge >= 0.3 is 0 Å². The van der Waals surface area contributed by atoms with E-state index in [0.29, 0.717) is 0 Å². The average Bonchev–Trinajstić information content (AvgIpc) is 2.76.